The van der Waals surface area contributed by atoms with Crippen molar-refractivity contribution in [2.24, 2.45) is 17.3 Å². The van der Waals surface area contributed by atoms with Gasteiger partial charge < -0.3 is 10.2 Å². The molecular formula is C24H35NO5. The molecule has 6 heteroatoms. The first kappa shape index (κ1) is 25.8. The van der Waals surface area contributed by atoms with Crippen LogP contribution in [0.3, 0.4) is 0 Å². The van der Waals surface area contributed by atoms with E-state index in [1.54, 1.807) is 19.1 Å². The lowest BCUT2D eigenvalue weighted by atomic mass is 9.82. The quantitative estimate of drug-likeness (QED) is 0.288. The van der Waals surface area contributed by atoms with Gasteiger partial charge in [0.1, 0.15) is 5.78 Å². The number of imide groups is 1. The fourth-order valence-corrected chi connectivity index (χ4v) is 3.44. The summed E-state index contributed by atoms with van der Waals surface area (Å²) >= 11 is 0. The van der Waals surface area contributed by atoms with Gasteiger partial charge in [0.05, 0.1) is 12.2 Å². The number of Topliss-reactive ketones (excluding diaryl/α,β-unsaturated/α-hetero) is 1. The maximum Gasteiger partial charge on any atom is 0.226 e. The van der Waals surface area contributed by atoms with Crippen LogP contribution in [0.4, 0.5) is 0 Å². The lowest BCUT2D eigenvalue weighted by molar-refractivity contribution is -0.129. The summed E-state index contributed by atoms with van der Waals surface area (Å²) in [6, 6.07) is 0. The van der Waals surface area contributed by atoms with Gasteiger partial charge in [-0.3, -0.25) is 19.7 Å². The molecule has 0 heterocycles. The molecule has 1 aliphatic carbocycles. The number of aliphatic hydroxyl groups is 2. The molecule has 1 aliphatic rings. The minimum Gasteiger partial charge on any atom is -0.392 e. The van der Waals surface area contributed by atoms with E-state index >= 15 is 0 Å². The fourth-order valence-electron chi connectivity index (χ4n) is 3.44. The van der Waals surface area contributed by atoms with Crippen molar-refractivity contribution in [1.82, 2.24) is 5.32 Å². The number of amides is 2. The molecule has 0 saturated heterocycles. The molecule has 6 nitrogen and oxygen atoms in total. The third kappa shape index (κ3) is 8.64. The number of allylic oxidation sites excluding steroid dienone is 2. The molecule has 0 spiro atoms. The predicted octanol–water partition coefficient (Wildman–Crippen LogP) is 2.69. The zero-order valence-corrected chi connectivity index (χ0v) is 18.5. The first-order valence-electron chi connectivity index (χ1n) is 10.5. The van der Waals surface area contributed by atoms with E-state index in [4.69, 9.17) is 0 Å². The Bertz CT molecular complexity index is 726. The Labute approximate surface area is 179 Å². The minimum absolute atomic E-state index is 0.0215. The molecule has 0 aliphatic heterocycles. The van der Waals surface area contributed by atoms with E-state index in [9.17, 15) is 24.6 Å². The van der Waals surface area contributed by atoms with E-state index in [-0.39, 0.29) is 42.3 Å². The molecule has 4 atom stereocenters. The Kier molecular flexibility index (Phi) is 10.7. The van der Waals surface area contributed by atoms with Gasteiger partial charge in [0.25, 0.3) is 0 Å². The number of unbranched alkanes of at least 4 members (excludes halogenated alkanes) is 1. The minimum atomic E-state index is -0.742. The molecule has 0 bridgehead atoms. The molecule has 0 aromatic heterocycles. The summed E-state index contributed by atoms with van der Waals surface area (Å²) in [5, 5.41) is 23.0. The van der Waals surface area contributed by atoms with E-state index in [1.807, 2.05) is 26.0 Å². The van der Waals surface area contributed by atoms with Gasteiger partial charge in [0.2, 0.25) is 11.8 Å². The number of hydrogen-bond donors (Lipinski definition) is 3. The van der Waals surface area contributed by atoms with Gasteiger partial charge in [-0.15, -0.1) is 11.8 Å². The number of rotatable bonds is 10. The van der Waals surface area contributed by atoms with Crippen LogP contribution in [0.25, 0.3) is 0 Å². The molecule has 30 heavy (non-hydrogen) atoms. The van der Waals surface area contributed by atoms with Crippen molar-refractivity contribution in [3.8, 4) is 11.8 Å². The van der Waals surface area contributed by atoms with Gasteiger partial charge in [0, 0.05) is 43.4 Å². The van der Waals surface area contributed by atoms with Crippen molar-refractivity contribution >= 4 is 17.6 Å². The van der Waals surface area contributed by atoms with Gasteiger partial charge in [-0.2, -0.15) is 0 Å². The van der Waals surface area contributed by atoms with Crippen LogP contribution in [0, 0.1) is 29.1 Å². The lowest BCUT2D eigenvalue weighted by Gasteiger charge is -2.27. The summed E-state index contributed by atoms with van der Waals surface area (Å²) in [6.45, 7) is 6.92. The van der Waals surface area contributed by atoms with Crippen LogP contribution in [-0.4, -0.2) is 40.0 Å². The summed E-state index contributed by atoms with van der Waals surface area (Å²) in [6.07, 6.45) is 8.53. The summed E-state index contributed by atoms with van der Waals surface area (Å²) in [7, 11) is 0. The summed E-state index contributed by atoms with van der Waals surface area (Å²) in [5.41, 5.74) is -0.419. The number of carbonyl (C=O) groups excluding carboxylic acids is 3. The summed E-state index contributed by atoms with van der Waals surface area (Å²) in [4.78, 5) is 34.5. The Morgan fingerprint density at radius 2 is 2.03 bits per heavy atom. The Balaban J connectivity index is 2.59. The number of ketones is 1. The first-order valence-corrected chi connectivity index (χ1v) is 10.5. The zero-order chi connectivity index (χ0) is 22.7. The molecule has 1 saturated carbocycles. The third-order valence-electron chi connectivity index (χ3n) is 5.42. The smallest absolute Gasteiger partial charge is 0.226 e. The second-order valence-corrected chi connectivity index (χ2v) is 8.55. The molecule has 2 amide bonds. The average molecular weight is 418 g/mol. The largest absolute Gasteiger partial charge is 0.392 e. The fraction of sp³-hybridized carbons (Fsp3) is 0.625. The van der Waals surface area contributed by atoms with Gasteiger partial charge in [0.15, 0.2) is 0 Å². The number of carbonyl (C=O) groups is 3. The molecule has 0 aromatic rings. The third-order valence-corrected chi connectivity index (χ3v) is 5.42. The average Bonchev–Trinajstić information content (AvgIpc) is 2.92. The standard InChI is InChI=1S/C24H35NO5/c1-5-6-15-24(3,4)22(29)14-13-19-18(20(27)16-21(19)28)11-9-7-8-10-12-23(30)25-17(2)26/h7,9,13-14,18-19,21-22,28-29H,8,10-12,15-16H2,1-4H3,(H,25,26,30)/t18-,19-,21-,22-/m1/s1. The maximum absolute atomic E-state index is 12.3. The second-order valence-electron chi connectivity index (χ2n) is 8.55. The van der Waals surface area contributed by atoms with Gasteiger partial charge in [-0.1, -0.05) is 38.2 Å². The molecule has 1 rings (SSSR count). The Hall–Kier alpha value is -2.23. The lowest BCUT2D eigenvalue weighted by Crippen LogP contribution is -2.28. The van der Waals surface area contributed by atoms with E-state index in [0.29, 0.717) is 25.7 Å². The maximum atomic E-state index is 12.3. The number of hydrogen-bond acceptors (Lipinski definition) is 5. The SMILES string of the molecule is CC#CCC(C)(C)[C@H](O)C=C[C@H]1[C@H](O)CC(=O)[C@@H]1CC=CCCCC(=O)NC(C)=O. The molecule has 0 unspecified atom stereocenters. The van der Waals surface area contributed by atoms with Crippen molar-refractivity contribution in [3.63, 3.8) is 0 Å². The van der Waals surface area contributed by atoms with Crippen molar-refractivity contribution in [2.75, 3.05) is 0 Å². The van der Waals surface area contributed by atoms with Crippen LogP contribution >= 0.6 is 0 Å². The molecule has 3 N–H and O–H groups in total. The molecular weight excluding hydrogens is 382 g/mol. The van der Waals surface area contributed by atoms with Gasteiger partial charge in [-0.05, 0) is 26.2 Å². The highest BCUT2D eigenvalue weighted by Gasteiger charge is 2.39. The molecule has 0 radical (unpaired) electrons. The normalized spacial score (nSPS) is 22.9. The van der Waals surface area contributed by atoms with Crippen LogP contribution in [0.1, 0.15) is 66.2 Å². The summed E-state index contributed by atoms with van der Waals surface area (Å²) in [5.74, 6) is 4.54. The van der Waals surface area contributed by atoms with Crippen LogP contribution in [0.15, 0.2) is 24.3 Å². The van der Waals surface area contributed by atoms with Crippen LogP contribution in [0.2, 0.25) is 0 Å². The topological polar surface area (TPSA) is 104 Å². The van der Waals surface area contributed by atoms with Crippen molar-refractivity contribution in [3.05, 3.63) is 24.3 Å². The number of nitrogens with one attached hydrogen (secondary N) is 1. The van der Waals surface area contributed by atoms with Gasteiger partial charge >= 0.3 is 0 Å². The highest BCUT2D eigenvalue weighted by molar-refractivity contribution is 5.93. The predicted molar refractivity (Wildman–Crippen MR) is 116 cm³/mol. The van der Waals surface area contributed by atoms with Crippen molar-refractivity contribution < 1.29 is 24.6 Å². The first-order chi connectivity index (χ1) is 14.1. The van der Waals surface area contributed by atoms with E-state index in [0.717, 1.165) is 0 Å². The molecule has 0 aromatic carbocycles. The Morgan fingerprint density at radius 3 is 2.67 bits per heavy atom. The van der Waals surface area contributed by atoms with Crippen LogP contribution in [0.5, 0.6) is 0 Å². The Morgan fingerprint density at radius 1 is 1.33 bits per heavy atom. The van der Waals surface area contributed by atoms with E-state index in [2.05, 4.69) is 17.2 Å². The second kappa shape index (κ2) is 12.5. The van der Waals surface area contributed by atoms with Gasteiger partial charge in [-0.25, -0.2) is 0 Å². The van der Waals surface area contributed by atoms with Crippen molar-refractivity contribution in [1.29, 1.82) is 0 Å². The summed E-state index contributed by atoms with van der Waals surface area (Å²) < 4.78 is 0. The van der Waals surface area contributed by atoms with E-state index < -0.39 is 17.6 Å². The van der Waals surface area contributed by atoms with Crippen LogP contribution < -0.4 is 5.32 Å². The van der Waals surface area contributed by atoms with Crippen LogP contribution in [-0.2, 0) is 14.4 Å². The monoisotopic (exact) mass is 417 g/mol. The highest BCUT2D eigenvalue weighted by Crippen LogP contribution is 2.34. The van der Waals surface area contributed by atoms with E-state index in [1.165, 1.54) is 6.92 Å². The molecule has 166 valence electrons. The van der Waals surface area contributed by atoms with Crippen molar-refractivity contribution in [2.45, 2.75) is 78.4 Å². The number of aliphatic hydroxyl groups excluding tert-OH is 2. The molecule has 1 fully saturated rings. The highest BCUT2D eigenvalue weighted by atomic mass is 16.3. The zero-order valence-electron chi connectivity index (χ0n) is 18.5.